The molecule has 2 N–H and O–H groups in total. The van der Waals surface area contributed by atoms with Crippen LogP contribution < -0.4 is 5.32 Å². The molecule has 0 aliphatic rings. The van der Waals surface area contributed by atoms with Crippen molar-refractivity contribution in [2.24, 2.45) is 0 Å². The molecule has 0 aliphatic carbocycles. The number of carboxylic acid groups (broad SMARTS) is 1. The number of carbonyl (C=O) groups is 1. The second-order valence-electron chi connectivity index (χ2n) is 3.67. The van der Waals surface area contributed by atoms with Crippen molar-refractivity contribution in [2.75, 3.05) is 5.32 Å². The van der Waals surface area contributed by atoms with Crippen LogP contribution in [0.25, 0.3) is 10.3 Å². The van der Waals surface area contributed by atoms with Crippen LogP contribution in [0.2, 0.25) is 0 Å². The number of hydrogen-bond donors (Lipinski definition) is 2. The van der Waals surface area contributed by atoms with Crippen molar-refractivity contribution in [1.29, 1.82) is 0 Å². The predicted octanol–water partition coefficient (Wildman–Crippen LogP) is 2.21. The number of nitrogens with one attached hydrogen (secondary N) is 1. The molecule has 2 aromatic heterocycles. The summed E-state index contributed by atoms with van der Waals surface area (Å²) < 4.78 is 0. The Bertz CT molecular complexity index is 536. The van der Waals surface area contributed by atoms with Crippen LogP contribution in [0.4, 0.5) is 5.69 Å². The van der Waals surface area contributed by atoms with Crippen molar-refractivity contribution in [2.45, 2.75) is 19.9 Å². The number of fused-ring (bicyclic) bond motifs is 1. The lowest BCUT2D eigenvalue weighted by Gasteiger charge is -2.10. The Hall–Kier alpha value is -1.69. The lowest BCUT2D eigenvalue weighted by Crippen LogP contribution is -2.11. The molecule has 0 aromatic carbocycles. The fraction of sp³-hybridized carbons (Fsp3) is 0.300. The van der Waals surface area contributed by atoms with E-state index in [-0.39, 0.29) is 11.7 Å². The number of nitrogens with zero attached hydrogens (tertiary/aromatic N) is 2. The lowest BCUT2D eigenvalue weighted by atomic mass is 10.2. The Morgan fingerprint density at radius 1 is 1.56 bits per heavy atom. The van der Waals surface area contributed by atoms with Crippen LogP contribution in [0.15, 0.2) is 11.6 Å². The molecule has 84 valence electrons. The van der Waals surface area contributed by atoms with Gasteiger partial charge >= 0.3 is 5.97 Å². The Labute approximate surface area is 96.2 Å². The summed E-state index contributed by atoms with van der Waals surface area (Å²) in [5.41, 5.74) is 3.15. The summed E-state index contributed by atoms with van der Waals surface area (Å²) in [6.45, 7) is 3.97. The molecule has 0 saturated carbocycles. The van der Waals surface area contributed by atoms with Crippen LogP contribution >= 0.6 is 11.3 Å². The van der Waals surface area contributed by atoms with Crippen LogP contribution in [-0.2, 0) is 0 Å². The van der Waals surface area contributed by atoms with Crippen LogP contribution in [0.5, 0.6) is 0 Å². The second kappa shape index (κ2) is 4.05. The van der Waals surface area contributed by atoms with Gasteiger partial charge in [0.05, 0.1) is 11.2 Å². The van der Waals surface area contributed by atoms with E-state index in [1.807, 2.05) is 13.8 Å². The van der Waals surface area contributed by atoms with Gasteiger partial charge in [0.15, 0.2) is 5.69 Å². The molecule has 0 atom stereocenters. The average molecular weight is 237 g/mol. The van der Waals surface area contributed by atoms with E-state index in [2.05, 4.69) is 15.3 Å². The maximum absolute atomic E-state index is 10.9. The Morgan fingerprint density at radius 3 is 2.94 bits per heavy atom. The summed E-state index contributed by atoms with van der Waals surface area (Å²) in [7, 11) is 0. The molecular weight excluding hydrogens is 226 g/mol. The van der Waals surface area contributed by atoms with Gasteiger partial charge in [-0.1, -0.05) is 0 Å². The molecule has 6 heteroatoms. The third-order valence-electron chi connectivity index (χ3n) is 1.97. The third-order valence-corrected chi connectivity index (χ3v) is 2.69. The minimum Gasteiger partial charge on any atom is -0.477 e. The summed E-state index contributed by atoms with van der Waals surface area (Å²) in [5.74, 6) is -1.03. The highest BCUT2D eigenvalue weighted by molar-refractivity contribution is 7.16. The summed E-state index contributed by atoms with van der Waals surface area (Å²) in [6, 6.07) is 1.73. The van der Waals surface area contributed by atoms with Crippen LogP contribution in [0.3, 0.4) is 0 Å². The molecule has 0 unspecified atom stereocenters. The fourth-order valence-electron chi connectivity index (χ4n) is 1.38. The Morgan fingerprint density at radius 2 is 2.31 bits per heavy atom. The summed E-state index contributed by atoms with van der Waals surface area (Å²) >= 11 is 1.33. The number of anilines is 1. The van der Waals surface area contributed by atoms with Gasteiger partial charge in [-0.05, 0) is 19.9 Å². The second-order valence-corrected chi connectivity index (χ2v) is 4.50. The number of pyridine rings is 1. The molecule has 16 heavy (non-hydrogen) atoms. The van der Waals surface area contributed by atoms with Gasteiger partial charge in [0, 0.05) is 6.04 Å². The first-order valence-electron chi connectivity index (χ1n) is 4.82. The molecular formula is C10H11N3O2S. The van der Waals surface area contributed by atoms with Gasteiger partial charge in [0.1, 0.15) is 10.3 Å². The van der Waals surface area contributed by atoms with Crippen LogP contribution in [-0.4, -0.2) is 27.1 Å². The van der Waals surface area contributed by atoms with E-state index < -0.39 is 5.97 Å². The van der Waals surface area contributed by atoms with Crippen molar-refractivity contribution in [1.82, 2.24) is 9.97 Å². The van der Waals surface area contributed by atoms with Gasteiger partial charge in [0.25, 0.3) is 0 Å². The molecule has 5 nitrogen and oxygen atoms in total. The molecule has 0 spiro atoms. The molecule has 0 fully saturated rings. The highest BCUT2D eigenvalue weighted by atomic mass is 32.1. The number of carboxylic acids is 1. The maximum Gasteiger partial charge on any atom is 0.354 e. The molecule has 2 aromatic rings. The summed E-state index contributed by atoms with van der Waals surface area (Å²) in [6.07, 6.45) is 0. The normalized spacial score (nSPS) is 10.9. The van der Waals surface area contributed by atoms with Crippen molar-refractivity contribution in [3.05, 3.63) is 17.3 Å². The first kappa shape index (κ1) is 10.8. The highest BCUT2D eigenvalue weighted by Gasteiger charge is 2.13. The largest absolute Gasteiger partial charge is 0.477 e. The highest BCUT2D eigenvalue weighted by Crippen LogP contribution is 2.25. The first-order chi connectivity index (χ1) is 7.58. The van der Waals surface area contributed by atoms with E-state index >= 15 is 0 Å². The van der Waals surface area contributed by atoms with Gasteiger partial charge in [-0.3, -0.25) is 0 Å². The molecule has 0 saturated heterocycles. The van der Waals surface area contributed by atoms with E-state index in [4.69, 9.17) is 5.11 Å². The number of thiazole rings is 1. The Kier molecular flexibility index (Phi) is 2.74. The van der Waals surface area contributed by atoms with Gasteiger partial charge < -0.3 is 10.4 Å². The van der Waals surface area contributed by atoms with E-state index in [0.717, 1.165) is 11.2 Å². The van der Waals surface area contributed by atoms with Crippen LogP contribution in [0.1, 0.15) is 24.3 Å². The topological polar surface area (TPSA) is 75.1 Å². The number of aromatic carboxylic acids is 1. The van der Waals surface area contributed by atoms with Crippen molar-refractivity contribution in [3.8, 4) is 0 Å². The minimum absolute atomic E-state index is 0.0416. The molecule has 0 aliphatic heterocycles. The standard InChI is InChI=1S/C10H11N3O2S/c1-5(2)12-6-3-7(10(14)15)13-9-8(6)11-4-16-9/h3-5H,1-2H3,(H,12,13)(H,14,15). The summed E-state index contributed by atoms with van der Waals surface area (Å²) in [4.78, 5) is 19.7. The SMILES string of the molecule is CC(C)Nc1cc(C(=O)O)nc2scnc12. The van der Waals surface area contributed by atoms with Gasteiger partial charge in [0.2, 0.25) is 0 Å². The zero-order valence-electron chi connectivity index (χ0n) is 8.89. The maximum atomic E-state index is 10.9. The zero-order chi connectivity index (χ0) is 11.7. The molecule has 0 radical (unpaired) electrons. The van der Waals surface area contributed by atoms with Crippen LogP contribution in [0, 0.1) is 0 Å². The van der Waals surface area contributed by atoms with E-state index in [9.17, 15) is 4.79 Å². The lowest BCUT2D eigenvalue weighted by molar-refractivity contribution is 0.0691. The smallest absolute Gasteiger partial charge is 0.354 e. The fourth-order valence-corrected chi connectivity index (χ4v) is 2.06. The average Bonchev–Trinajstić information content (AvgIpc) is 2.64. The van der Waals surface area contributed by atoms with Gasteiger partial charge in [-0.25, -0.2) is 14.8 Å². The number of hydrogen-bond acceptors (Lipinski definition) is 5. The number of aromatic nitrogens is 2. The van der Waals surface area contributed by atoms with Crippen molar-refractivity contribution in [3.63, 3.8) is 0 Å². The molecule has 2 rings (SSSR count). The molecule has 0 amide bonds. The predicted molar refractivity (Wildman–Crippen MR) is 63.1 cm³/mol. The van der Waals surface area contributed by atoms with Crippen molar-refractivity contribution >= 4 is 33.3 Å². The monoisotopic (exact) mass is 237 g/mol. The Balaban J connectivity index is 2.59. The third kappa shape index (κ3) is 1.96. The minimum atomic E-state index is -1.03. The zero-order valence-corrected chi connectivity index (χ0v) is 9.71. The number of rotatable bonds is 3. The molecule has 0 bridgehead atoms. The van der Waals surface area contributed by atoms with E-state index in [1.54, 1.807) is 5.51 Å². The first-order valence-corrected chi connectivity index (χ1v) is 5.70. The summed E-state index contributed by atoms with van der Waals surface area (Å²) in [5, 5.41) is 12.1. The molecule has 2 heterocycles. The quantitative estimate of drug-likeness (QED) is 0.856. The van der Waals surface area contributed by atoms with Gasteiger partial charge in [-0.2, -0.15) is 0 Å². The van der Waals surface area contributed by atoms with Crippen molar-refractivity contribution < 1.29 is 9.90 Å². The van der Waals surface area contributed by atoms with E-state index in [1.165, 1.54) is 17.4 Å². The van der Waals surface area contributed by atoms with E-state index in [0.29, 0.717) is 4.83 Å². The van der Waals surface area contributed by atoms with Gasteiger partial charge in [-0.15, -0.1) is 11.3 Å².